The van der Waals surface area contributed by atoms with Gasteiger partial charge in [-0.05, 0) is 29.9 Å². The molecule has 22 heavy (non-hydrogen) atoms. The summed E-state index contributed by atoms with van der Waals surface area (Å²) >= 11 is 2.77. The Morgan fingerprint density at radius 1 is 1.41 bits per heavy atom. The molecule has 4 rings (SSSR count). The zero-order chi connectivity index (χ0) is 15.1. The highest BCUT2D eigenvalue weighted by Gasteiger charge is 2.31. The summed E-state index contributed by atoms with van der Waals surface area (Å²) in [7, 11) is 0. The van der Waals surface area contributed by atoms with Crippen molar-refractivity contribution in [1.29, 1.82) is 0 Å². The quantitative estimate of drug-likeness (QED) is 0.782. The molecule has 0 spiro atoms. The van der Waals surface area contributed by atoms with E-state index in [4.69, 9.17) is 0 Å². The number of carbonyl (C=O) groups excluding carboxylic acids is 1. The lowest BCUT2D eigenvalue weighted by Gasteiger charge is -2.40. The molecule has 0 bridgehead atoms. The van der Waals surface area contributed by atoms with Crippen LogP contribution in [0.2, 0.25) is 0 Å². The van der Waals surface area contributed by atoms with Gasteiger partial charge in [-0.25, -0.2) is 9.97 Å². The zero-order valence-electron chi connectivity index (χ0n) is 11.7. The molecule has 0 aromatic carbocycles. The number of amides is 1. The Bertz CT molecular complexity index is 838. The van der Waals surface area contributed by atoms with E-state index in [0.717, 1.165) is 40.7 Å². The number of carbonyl (C=O) groups is 1. The normalized spacial score (nSPS) is 15.0. The lowest BCUT2D eigenvalue weighted by atomic mass is 10.1. The van der Waals surface area contributed by atoms with E-state index < -0.39 is 0 Å². The summed E-state index contributed by atoms with van der Waals surface area (Å²) in [6, 6.07) is 2.11. The molecule has 4 heterocycles. The van der Waals surface area contributed by atoms with Crippen LogP contribution in [-0.2, 0) is 0 Å². The summed E-state index contributed by atoms with van der Waals surface area (Å²) < 4.78 is 4.88. The Balaban J connectivity index is 1.43. The SMILES string of the molecule is Cc1nnsc1C(=O)NC1CN(c2ncnc3ccsc23)C1. The summed E-state index contributed by atoms with van der Waals surface area (Å²) in [5.41, 5.74) is 1.64. The number of fused-ring (bicyclic) bond motifs is 1. The summed E-state index contributed by atoms with van der Waals surface area (Å²) in [6.07, 6.45) is 1.59. The van der Waals surface area contributed by atoms with Crippen LogP contribution in [0.25, 0.3) is 10.2 Å². The van der Waals surface area contributed by atoms with Crippen molar-refractivity contribution in [3.63, 3.8) is 0 Å². The van der Waals surface area contributed by atoms with Crippen molar-refractivity contribution in [3.05, 3.63) is 28.3 Å². The topological polar surface area (TPSA) is 83.9 Å². The highest BCUT2D eigenvalue weighted by Crippen LogP contribution is 2.30. The number of nitrogens with one attached hydrogen (secondary N) is 1. The van der Waals surface area contributed by atoms with E-state index in [1.165, 1.54) is 0 Å². The Hall–Kier alpha value is -2.13. The lowest BCUT2D eigenvalue weighted by Crippen LogP contribution is -2.59. The number of rotatable bonds is 3. The van der Waals surface area contributed by atoms with Gasteiger partial charge in [-0.15, -0.1) is 16.4 Å². The third kappa shape index (κ3) is 2.22. The molecule has 3 aromatic heterocycles. The second-order valence-electron chi connectivity index (χ2n) is 5.10. The van der Waals surface area contributed by atoms with Crippen molar-refractivity contribution < 1.29 is 4.79 Å². The minimum atomic E-state index is -0.0962. The summed E-state index contributed by atoms with van der Waals surface area (Å²) in [5.74, 6) is 0.849. The monoisotopic (exact) mass is 332 g/mol. The summed E-state index contributed by atoms with van der Waals surface area (Å²) in [6.45, 7) is 3.29. The van der Waals surface area contributed by atoms with Crippen LogP contribution >= 0.6 is 22.9 Å². The van der Waals surface area contributed by atoms with Crippen LogP contribution in [0.15, 0.2) is 17.8 Å². The fourth-order valence-electron chi connectivity index (χ4n) is 2.43. The van der Waals surface area contributed by atoms with Gasteiger partial charge in [0.2, 0.25) is 0 Å². The van der Waals surface area contributed by atoms with Crippen LogP contribution < -0.4 is 10.2 Å². The van der Waals surface area contributed by atoms with Crippen LogP contribution in [0.1, 0.15) is 15.4 Å². The fourth-order valence-corrected chi connectivity index (χ4v) is 3.86. The Morgan fingerprint density at radius 3 is 3.05 bits per heavy atom. The van der Waals surface area contributed by atoms with E-state index in [0.29, 0.717) is 10.6 Å². The van der Waals surface area contributed by atoms with Gasteiger partial charge in [0, 0.05) is 13.1 Å². The molecular weight excluding hydrogens is 320 g/mol. The highest BCUT2D eigenvalue weighted by atomic mass is 32.1. The predicted octanol–water partition coefficient (Wildman–Crippen LogP) is 1.47. The van der Waals surface area contributed by atoms with Gasteiger partial charge in [-0.1, -0.05) is 4.49 Å². The smallest absolute Gasteiger partial charge is 0.265 e. The van der Waals surface area contributed by atoms with E-state index in [9.17, 15) is 4.79 Å². The van der Waals surface area contributed by atoms with Crippen LogP contribution in [0.5, 0.6) is 0 Å². The molecule has 0 aliphatic carbocycles. The largest absolute Gasteiger partial charge is 0.351 e. The molecule has 1 fully saturated rings. The minimum absolute atomic E-state index is 0.0962. The molecule has 1 aliphatic heterocycles. The standard InChI is InChI=1S/C13H12N6OS2/c1-7-10(22-18-17-7)13(20)16-8-4-19(5-8)12-11-9(2-3-21-11)14-6-15-12/h2-3,6,8H,4-5H2,1H3,(H,16,20). The predicted molar refractivity (Wildman–Crippen MR) is 85.5 cm³/mol. The summed E-state index contributed by atoms with van der Waals surface area (Å²) in [5, 5.41) is 8.89. The first-order chi connectivity index (χ1) is 10.7. The fraction of sp³-hybridized carbons (Fsp3) is 0.308. The third-order valence-corrected chi connectivity index (χ3v) is 5.32. The Labute approximate surface area is 134 Å². The molecule has 0 unspecified atom stereocenters. The number of aromatic nitrogens is 4. The molecule has 0 saturated carbocycles. The molecule has 112 valence electrons. The van der Waals surface area contributed by atoms with Crippen molar-refractivity contribution in [1.82, 2.24) is 24.9 Å². The van der Waals surface area contributed by atoms with Gasteiger partial charge >= 0.3 is 0 Å². The van der Waals surface area contributed by atoms with Gasteiger partial charge < -0.3 is 10.2 Å². The second kappa shape index (κ2) is 5.25. The number of hydrogen-bond donors (Lipinski definition) is 1. The number of hydrogen-bond acceptors (Lipinski definition) is 8. The number of nitrogens with zero attached hydrogens (tertiary/aromatic N) is 5. The van der Waals surface area contributed by atoms with E-state index in [1.54, 1.807) is 24.6 Å². The van der Waals surface area contributed by atoms with E-state index in [1.807, 2.05) is 11.4 Å². The van der Waals surface area contributed by atoms with Crippen LogP contribution in [0.3, 0.4) is 0 Å². The zero-order valence-corrected chi connectivity index (χ0v) is 13.3. The van der Waals surface area contributed by atoms with Gasteiger partial charge in [0.15, 0.2) is 0 Å². The minimum Gasteiger partial charge on any atom is -0.351 e. The lowest BCUT2D eigenvalue weighted by molar-refractivity contribution is 0.0933. The summed E-state index contributed by atoms with van der Waals surface area (Å²) in [4.78, 5) is 23.5. The molecule has 1 amide bonds. The van der Waals surface area contributed by atoms with Crippen LogP contribution in [0, 0.1) is 6.92 Å². The number of thiophene rings is 1. The van der Waals surface area contributed by atoms with Gasteiger partial charge in [-0.3, -0.25) is 4.79 Å². The maximum atomic E-state index is 12.1. The molecule has 0 atom stereocenters. The first-order valence-corrected chi connectivity index (χ1v) is 8.40. The van der Waals surface area contributed by atoms with E-state index >= 15 is 0 Å². The van der Waals surface area contributed by atoms with E-state index in [2.05, 4.69) is 29.8 Å². The molecule has 3 aromatic rings. The Morgan fingerprint density at radius 2 is 2.27 bits per heavy atom. The van der Waals surface area contributed by atoms with Crippen LogP contribution in [0.4, 0.5) is 5.82 Å². The Kier molecular flexibility index (Phi) is 3.23. The first kappa shape index (κ1) is 13.5. The molecule has 0 radical (unpaired) electrons. The second-order valence-corrected chi connectivity index (χ2v) is 6.77. The van der Waals surface area contributed by atoms with Crippen molar-refractivity contribution in [2.75, 3.05) is 18.0 Å². The van der Waals surface area contributed by atoms with E-state index in [-0.39, 0.29) is 11.9 Å². The molecule has 1 saturated heterocycles. The maximum Gasteiger partial charge on any atom is 0.265 e. The van der Waals surface area contributed by atoms with Crippen molar-refractivity contribution in [3.8, 4) is 0 Å². The van der Waals surface area contributed by atoms with Crippen LogP contribution in [-0.4, -0.2) is 44.6 Å². The molecular formula is C13H12N6OS2. The van der Waals surface area contributed by atoms with Gasteiger partial charge in [0.25, 0.3) is 5.91 Å². The van der Waals surface area contributed by atoms with Crippen molar-refractivity contribution in [2.45, 2.75) is 13.0 Å². The van der Waals surface area contributed by atoms with Gasteiger partial charge in [0.05, 0.1) is 22.0 Å². The molecule has 7 nitrogen and oxygen atoms in total. The number of aryl methyl sites for hydroxylation is 1. The average Bonchev–Trinajstić information content (AvgIpc) is 3.10. The molecule has 1 N–H and O–H groups in total. The van der Waals surface area contributed by atoms with Gasteiger partial charge in [0.1, 0.15) is 17.0 Å². The molecule has 1 aliphatic rings. The van der Waals surface area contributed by atoms with Crippen molar-refractivity contribution in [2.24, 2.45) is 0 Å². The highest BCUT2D eigenvalue weighted by molar-refractivity contribution is 7.17. The third-order valence-electron chi connectivity index (χ3n) is 3.60. The van der Waals surface area contributed by atoms with Gasteiger partial charge in [-0.2, -0.15) is 0 Å². The first-order valence-electron chi connectivity index (χ1n) is 6.75. The average molecular weight is 332 g/mol. The number of anilines is 1. The van der Waals surface area contributed by atoms with Crippen molar-refractivity contribution >= 4 is 44.8 Å². The maximum absolute atomic E-state index is 12.1. The molecule has 9 heteroatoms.